The van der Waals surface area contributed by atoms with Crippen molar-refractivity contribution < 1.29 is 28.1 Å². The van der Waals surface area contributed by atoms with E-state index in [0.717, 1.165) is 29.8 Å². The zero-order chi connectivity index (χ0) is 37.1. The van der Waals surface area contributed by atoms with E-state index in [1.807, 2.05) is 71.0 Å². The maximum absolute atomic E-state index is 15.0. The number of esters is 1. The lowest BCUT2D eigenvalue weighted by Crippen LogP contribution is -2.45. The van der Waals surface area contributed by atoms with Crippen LogP contribution in [-0.4, -0.2) is 64.7 Å². The molecule has 1 fully saturated rings. The number of carbonyl (C=O) groups excluding carboxylic acids is 1. The summed E-state index contributed by atoms with van der Waals surface area (Å²) in [5.41, 5.74) is 4.35. The van der Waals surface area contributed by atoms with Crippen LogP contribution in [0.2, 0.25) is 0 Å². The van der Waals surface area contributed by atoms with E-state index in [0.29, 0.717) is 65.6 Å². The summed E-state index contributed by atoms with van der Waals surface area (Å²) in [6.45, 7) is 22.9. The van der Waals surface area contributed by atoms with Crippen LogP contribution in [0.5, 0.6) is 5.75 Å². The zero-order valence-electron chi connectivity index (χ0n) is 31.2. The molecule has 0 spiro atoms. The highest BCUT2D eigenvalue weighted by molar-refractivity contribution is 5.81. The van der Waals surface area contributed by atoms with E-state index in [2.05, 4.69) is 25.0 Å². The lowest BCUT2D eigenvalue weighted by Gasteiger charge is -2.41. The van der Waals surface area contributed by atoms with Gasteiger partial charge < -0.3 is 23.8 Å². The fourth-order valence-electron chi connectivity index (χ4n) is 6.60. The first-order valence-corrected chi connectivity index (χ1v) is 17.5. The molecule has 51 heavy (non-hydrogen) atoms. The molecule has 0 saturated carbocycles. The number of piperidine rings is 1. The Morgan fingerprint density at radius 1 is 1.08 bits per heavy atom. The van der Waals surface area contributed by atoms with Crippen LogP contribution in [0, 0.1) is 19.7 Å². The number of benzene rings is 2. The van der Waals surface area contributed by atoms with E-state index in [9.17, 15) is 9.18 Å². The predicted octanol–water partition coefficient (Wildman–Crippen LogP) is 8.75. The third-order valence-electron chi connectivity index (χ3n) is 9.26. The number of halogens is 1. The molecule has 2 aromatic heterocycles. The van der Waals surface area contributed by atoms with Crippen molar-refractivity contribution in [1.82, 2.24) is 14.6 Å². The third kappa shape index (κ3) is 8.34. The Balaban J connectivity index is 1.66. The Kier molecular flexibility index (Phi) is 11.4. The second-order valence-corrected chi connectivity index (χ2v) is 14.5. The van der Waals surface area contributed by atoms with E-state index < -0.39 is 17.7 Å². The van der Waals surface area contributed by atoms with Crippen molar-refractivity contribution in [3.63, 3.8) is 0 Å². The van der Waals surface area contributed by atoms with Crippen molar-refractivity contribution in [2.24, 2.45) is 0 Å². The molecule has 0 bridgehead atoms. The summed E-state index contributed by atoms with van der Waals surface area (Å²) in [7, 11) is 1.36. The minimum atomic E-state index is -1.04. The van der Waals surface area contributed by atoms with Crippen molar-refractivity contribution in [3.05, 3.63) is 90.4 Å². The molecule has 2 atom stereocenters. The number of hydrogen-bond acceptors (Lipinski definition) is 8. The lowest BCUT2D eigenvalue weighted by molar-refractivity contribution is -0.164. The average Bonchev–Trinajstić information content (AvgIpc) is 3.51. The van der Waals surface area contributed by atoms with E-state index in [1.165, 1.54) is 13.2 Å². The van der Waals surface area contributed by atoms with Gasteiger partial charge >= 0.3 is 5.97 Å². The molecule has 4 aromatic rings. The SMILES string of the molecule is C=CCOC1(C)CCN(c2c(C(OC(C)(C)C)C(=O)OC)c(C)nc3cc(-c4cccc(-c5c(OC(C)CC=C)ccc(F)c5C)c4)nn23)CC1. The number of rotatable bonds is 13. The normalized spacial score (nSPS) is 15.7. The first-order chi connectivity index (χ1) is 24.2. The van der Waals surface area contributed by atoms with Crippen LogP contribution in [0.4, 0.5) is 10.2 Å². The number of fused-ring (bicyclic) bond motifs is 1. The molecule has 3 heterocycles. The molecule has 0 radical (unpaired) electrons. The standard InChI is InChI=1S/C41H51FN4O5/c1-11-14-26(3)50-33-18-17-31(42)27(4)35(33)30-16-13-15-29(24-30)32-25-34-43-28(5)36(37(39(47)48-10)51-40(6,7)8)38(46(34)44-32)45-21-19-41(9,20-22-45)49-23-12-2/h11-13,15-18,24-26,37H,1-2,14,19-23H2,3-10H3. The molecule has 0 N–H and O–H groups in total. The number of aryl methyl sites for hydroxylation is 1. The fourth-order valence-corrected chi connectivity index (χ4v) is 6.60. The largest absolute Gasteiger partial charge is 0.490 e. The van der Waals surface area contributed by atoms with Gasteiger partial charge in [0.05, 0.1) is 42.3 Å². The van der Waals surface area contributed by atoms with Gasteiger partial charge in [-0.2, -0.15) is 9.61 Å². The van der Waals surface area contributed by atoms with Crippen molar-refractivity contribution >= 4 is 17.4 Å². The summed E-state index contributed by atoms with van der Waals surface area (Å²) in [5.74, 6) is 0.492. The first kappa shape index (κ1) is 37.7. The lowest BCUT2D eigenvalue weighted by atomic mass is 9.92. The molecule has 10 heteroatoms. The second-order valence-electron chi connectivity index (χ2n) is 14.5. The van der Waals surface area contributed by atoms with Crippen LogP contribution in [0.1, 0.15) is 76.8 Å². The summed E-state index contributed by atoms with van der Waals surface area (Å²) in [6, 6.07) is 12.9. The highest BCUT2D eigenvalue weighted by atomic mass is 19.1. The van der Waals surface area contributed by atoms with E-state index >= 15 is 0 Å². The molecule has 0 amide bonds. The highest BCUT2D eigenvalue weighted by Crippen LogP contribution is 2.40. The zero-order valence-corrected chi connectivity index (χ0v) is 31.2. The third-order valence-corrected chi connectivity index (χ3v) is 9.26. The number of nitrogens with zero attached hydrogens (tertiary/aromatic N) is 4. The predicted molar refractivity (Wildman–Crippen MR) is 200 cm³/mol. The molecule has 1 aliphatic heterocycles. The minimum Gasteiger partial charge on any atom is -0.490 e. The highest BCUT2D eigenvalue weighted by Gasteiger charge is 2.38. The van der Waals surface area contributed by atoms with Crippen LogP contribution in [-0.2, 0) is 19.0 Å². The van der Waals surface area contributed by atoms with Gasteiger partial charge in [0, 0.05) is 42.4 Å². The van der Waals surface area contributed by atoms with Crippen molar-refractivity contribution in [3.8, 4) is 28.1 Å². The fraction of sp³-hybridized carbons (Fsp3) is 0.439. The van der Waals surface area contributed by atoms with Crippen molar-refractivity contribution in [1.29, 1.82) is 0 Å². The quantitative estimate of drug-likeness (QED) is 0.101. The number of anilines is 1. The number of hydrogen-bond donors (Lipinski definition) is 0. The van der Waals surface area contributed by atoms with E-state index in [-0.39, 0.29) is 17.5 Å². The first-order valence-electron chi connectivity index (χ1n) is 17.5. The molecule has 1 aliphatic rings. The van der Waals surface area contributed by atoms with Crippen LogP contribution >= 0.6 is 0 Å². The summed E-state index contributed by atoms with van der Waals surface area (Å²) < 4.78 is 40.9. The van der Waals surface area contributed by atoms with Crippen LogP contribution in [0.15, 0.2) is 67.8 Å². The van der Waals surface area contributed by atoms with E-state index in [1.54, 1.807) is 23.6 Å². The summed E-state index contributed by atoms with van der Waals surface area (Å²) in [4.78, 5) is 20.6. The van der Waals surface area contributed by atoms with Gasteiger partial charge in [0.15, 0.2) is 11.8 Å². The average molecular weight is 699 g/mol. The van der Waals surface area contributed by atoms with Gasteiger partial charge in [-0.25, -0.2) is 14.2 Å². The van der Waals surface area contributed by atoms with Gasteiger partial charge in [0.25, 0.3) is 0 Å². The van der Waals surface area contributed by atoms with E-state index in [4.69, 9.17) is 29.0 Å². The Hall–Kier alpha value is -4.54. The summed E-state index contributed by atoms with van der Waals surface area (Å²) in [5, 5.41) is 5.12. The molecule has 5 rings (SSSR count). The minimum absolute atomic E-state index is 0.132. The number of methoxy groups -OCH3 is 1. The number of carbonyl (C=O) groups is 1. The smallest absolute Gasteiger partial charge is 0.339 e. The van der Waals surface area contributed by atoms with Crippen molar-refractivity contribution in [2.75, 3.05) is 31.7 Å². The monoisotopic (exact) mass is 698 g/mol. The molecule has 2 aromatic carbocycles. The molecule has 0 aliphatic carbocycles. The Morgan fingerprint density at radius 3 is 2.43 bits per heavy atom. The number of aromatic nitrogens is 3. The summed E-state index contributed by atoms with van der Waals surface area (Å²) in [6.07, 6.45) is 4.57. The number of ether oxygens (including phenoxy) is 4. The molecule has 2 unspecified atom stereocenters. The maximum Gasteiger partial charge on any atom is 0.339 e. The van der Waals surface area contributed by atoms with Crippen LogP contribution in [0.3, 0.4) is 0 Å². The van der Waals surface area contributed by atoms with Crippen LogP contribution in [0.25, 0.3) is 28.0 Å². The molecular weight excluding hydrogens is 647 g/mol. The molecule has 272 valence electrons. The molecule has 9 nitrogen and oxygen atoms in total. The van der Waals surface area contributed by atoms with Gasteiger partial charge in [-0.1, -0.05) is 30.4 Å². The molecule has 1 saturated heterocycles. The Bertz CT molecular complexity index is 1900. The van der Waals surface area contributed by atoms with Gasteiger partial charge in [-0.05, 0) is 90.6 Å². The second kappa shape index (κ2) is 15.4. The van der Waals surface area contributed by atoms with Gasteiger partial charge in [-0.3, -0.25) is 0 Å². The Labute approximate surface area is 301 Å². The maximum atomic E-state index is 15.0. The summed E-state index contributed by atoms with van der Waals surface area (Å²) >= 11 is 0. The van der Waals surface area contributed by atoms with Crippen LogP contribution < -0.4 is 9.64 Å². The topological polar surface area (TPSA) is 87.4 Å². The van der Waals surface area contributed by atoms with Crippen molar-refractivity contribution in [2.45, 2.75) is 91.1 Å². The molecular formula is C41H51FN4O5. The van der Waals surface area contributed by atoms with Gasteiger partial charge in [-0.15, -0.1) is 13.2 Å². The Morgan fingerprint density at radius 2 is 1.78 bits per heavy atom. The van der Waals surface area contributed by atoms with Gasteiger partial charge in [0.1, 0.15) is 17.4 Å². The van der Waals surface area contributed by atoms with Gasteiger partial charge in [0.2, 0.25) is 0 Å².